The summed E-state index contributed by atoms with van der Waals surface area (Å²) < 4.78 is 5.51. The number of nitrogens with one attached hydrogen (secondary N) is 1. The van der Waals surface area contributed by atoms with Gasteiger partial charge in [0, 0.05) is 31.7 Å². The number of likely N-dealkylation sites (N-methyl/N-ethyl adjacent to an activating group) is 1. The molecule has 0 fully saturated rings. The second-order valence-corrected chi connectivity index (χ2v) is 5.66. The molecule has 0 aliphatic heterocycles. The summed E-state index contributed by atoms with van der Waals surface area (Å²) in [5.74, 6) is 1.53. The Hall–Kier alpha value is -1.36. The van der Waals surface area contributed by atoms with Crippen molar-refractivity contribution in [2.45, 2.75) is 39.7 Å². The quantitative estimate of drug-likeness (QED) is 0.819. The van der Waals surface area contributed by atoms with Crippen LogP contribution in [-0.2, 0) is 0 Å². The minimum Gasteiger partial charge on any atom is -0.478 e. The van der Waals surface area contributed by atoms with Gasteiger partial charge in [-0.1, -0.05) is 6.92 Å². The minimum atomic E-state index is 0.141. The van der Waals surface area contributed by atoms with Gasteiger partial charge in [-0.2, -0.15) is 0 Å². The topological polar surface area (TPSA) is 50.3 Å². The SMILES string of the molecule is CCCOc1cc(N(C)CCNC(C)(C)C)ncn1. The zero-order valence-corrected chi connectivity index (χ0v) is 12.7. The van der Waals surface area contributed by atoms with Crippen molar-refractivity contribution in [2.75, 3.05) is 31.6 Å². The van der Waals surface area contributed by atoms with E-state index in [0.717, 1.165) is 25.3 Å². The van der Waals surface area contributed by atoms with E-state index < -0.39 is 0 Å². The number of hydrogen-bond acceptors (Lipinski definition) is 5. The molecule has 0 aromatic carbocycles. The summed E-state index contributed by atoms with van der Waals surface area (Å²) >= 11 is 0. The molecule has 0 aliphatic carbocycles. The molecular formula is C14H26N4O. The van der Waals surface area contributed by atoms with E-state index in [4.69, 9.17) is 4.74 Å². The summed E-state index contributed by atoms with van der Waals surface area (Å²) in [7, 11) is 2.02. The molecule has 1 heterocycles. The number of anilines is 1. The molecule has 0 saturated heterocycles. The standard InChI is InChI=1S/C14H26N4O/c1-6-9-19-13-10-12(15-11-16-13)18(5)8-7-17-14(2,3)4/h10-11,17H,6-9H2,1-5H3. The zero-order chi connectivity index (χ0) is 14.3. The van der Waals surface area contributed by atoms with E-state index in [0.29, 0.717) is 12.5 Å². The fourth-order valence-electron chi connectivity index (χ4n) is 1.54. The van der Waals surface area contributed by atoms with Gasteiger partial charge in [0.15, 0.2) is 0 Å². The number of ether oxygens (including phenoxy) is 1. The van der Waals surface area contributed by atoms with Crippen LogP contribution in [0.25, 0.3) is 0 Å². The molecule has 19 heavy (non-hydrogen) atoms. The maximum Gasteiger partial charge on any atom is 0.218 e. The van der Waals surface area contributed by atoms with Crippen LogP contribution in [0.3, 0.4) is 0 Å². The normalized spacial score (nSPS) is 11.4. The molecule has 0 radical (unpaired) electrons. The molecule has 0 amide bonds. The van der Waals surface area contributed by atoms with Gasteiger partial charge in [-0.3, -0.25) is 0 Å². The predicted molar refractivity (Wildman–Crippen MR) is 78.8 cm³/mol. The molecular weight excluding hydrogens is 240 g/mol. The number of rotatable bonds is 7. The summed E-state index contributed by atoms with van der Waals surface area (Å²) in [5.41, 5.74) is 0.141. The highest BCUT2D eigenvalue weighted by atomic mass is 16.5. The number of nitrogens with zero attached hydrogens (tertiary/aromatic N) is 3. The Bertz CT molecular complexity index is 376. The van der Waals surface area contributed by atoms with Gasteiger partial charge in [-0.25, -0.2) is 9.97 Å². The van der Waals surface area contributed by atoms with Crippen LogP contribution in [-0.4, -0.2) is 42.3 Å². The Kier molecular flexibility index (Phi) is 6.02. The molecule has 0 aliphatic rings. The molecule has 0 bridgehead atoms. The lowest BCUT2D eigenvalue weighted by Gasteiger charge is -2.24. The van der Waals surface area contributed by atoms with Crippen LogP contribution < -0.4 is 15.0 Å². The average molecular weight is 266 g/mol. The van der Waals surface area contributed by atoms with Gasteiger partial charge in [0.25, 0.3) is 0 Å². The summed E-state index contributed by atoms with van der Waals surface area (Å²) in [6.07, 6.45) is 2.53. The molecule has 0 spiro atoms. The molecule has 0 atom stereocenters. The van der Waals surface area contributed by atoms with Crippen molar-refractivity contribution in [1.82, 2.24) is 15.3 Å². The Morgan fingerprint density at radius 2 is 2.05 bits per heavy atom. The molecule has 1 aromatic rings. The summed E-state index contributed by atoms with van der Waals surface area (Å²) in [6.45, 7) is 11.0. The van der Waals surface area contributed by atoms with Crippen LogP contribution in [0.15, 0.2) is 12.4 Å². The van der Waals surface area contributed by atoms with E-state index in [1.54, 1.807) is 6.33 Å². The van der Waals surface area contributed by atoms with E-state index in [2.05, 4.69) is 47.9 Å². The van der Waals surface area contributed by atoms with Gasteiger partial charge in [0.1, 0.15) is 12.1 Å². The van der Waals surface area contributed by atoms with Crippen LogP contribution in [0.2, 0.25) is 0 Å². The third-order valence-corrected chi connectivity index (χ3v) is 2.58. The van der Waals surface area contributed by atoms with Crippen molar-refractivity contribution in [3.63, 3.8) is 0 Å². The van der Waals surface area contributed by atoms with E-state index in [1.807, 2.05) is 13.1 Å². The van der Waals surface area contributed by atoms with Gasteiger partial charge in [-0.05, 0) is 27.2 Å². The number of aromatic nitrogens is 2. The van der Waals surface area contributed by atoms with Crippen molar-refractivity contribution in [3.8, 4) is 5.88 Å². The zero-order valence-electron chi connectivity index (χ0n) is 12.7. The molecule has 0 saturated carbocycles. The van der Waals surface area contributed by atoms with E-state index >= 15 is 0 Å². The second-order valence-electron chi connectivity index (χ2n) is 5.66. The highest BCUT2D eigenvalue weighted by Gasteiger charge is 2.09. The maximum absolute atomic E-state index is 5.51. The Morgan fingerprint density at radius 1 is 1.32 bits per heavy atom. The smallest absolute Gasteiger partial charge is 0.218 e. The Labute approximate surface area is 116 Å². The molecule has 5 heteroatoms. The molecule has 1 rings (SSSR count). The largest absolute Gasteiger partial charge is 0.478 e. The highest BCUT2D eigenvalue weighted by Crippen LogP contribution is 2.14. The first kappa shape index (κ1) is 15.7. The Morgan fingerprint density at radius 3 is 2.68 bits per heavy atom. The maximum atomic E-state index is 5.51. The molecule has 1 aromatic heterocycles. The van der Waals surface area contributed by atoms with Gasteiger partial charge >= 0.3 is 0 Å². The van der Waals surface area contributed by atoms with Crippen LogP contribution >= 0.6 is 0 Å². The summed E-state index contributed by atoms with van der Waals surface area (Å²) in [6, 6.07) is 1.88. The summed E-state index contributed by atoms with van der Waals surface area (Å²) in [4.78, 5) is 10.5. The lowest BCUT2D eigenvalue weighted by molar-refractivity contribution is 0.304. The van der Waals surface area contributed by atoms with Crippen molar-refractivity contribution < 1.29 is 4.74 Å². The van der Waals surface area contributed by atoms with Crippen LogP contribution in [0.5, 0.6) is 5.88 Å². The first-order chi connectivity index (χ1) is 8.92. The van der Waals surface area contributed by atoms with Crippen molar-refractivity contribution >= 4 is 5.82 Å². The first-order valence-electron chi connectivity index (χ1n) is 6.83. The van der Waals surface area contributed by atoms with Crippen molar-refractivity contribution in [2.24, 2.45) is 0 Å². The molecule has 0 unspecified atom stereocenters. The highest BCUT2D eigenvalue weighted by molar-refractivity contribution is 5.39. The van der Waals surface area contributed by atoms with Gasteiger partial charge in [0.2, 0.25) is 5.88 Å². The lowest BCUT2D eigenvalue weighted by atomic mass is 10.1. The monoisotopic (exact) mass is 266 g/mol. The van der Waals surface area contributed by atoms with E-state index in [9.17, 15) is 0 Å². The first-order valence-corrected chi connectivity index (χ1v) is 6.83. The van der Waals surface area contributed by atoms with E-state index in [-0.39, 0.29) is 5.54 Å². The number of hydrogen-bond donors (Lipinski definition) is 1. The van der Waals surface area contributed by atoms with Crippen LogP contribution in [0.4, 0.5) is 5.82 Å². The van der Waals surface area contributed by atoms with Crippen LogP contribution in [0.1, 0.15) is 34.1 Å². The van der Waals surface area contributed by atoms with Crippen molar-refractivity contribution in [1.29, 1.82) is 0 Å². The summed E-state index contributed by atoms with van der Waals surface area (Å²) in [5, 5.41) is 3.46. The third kappa shape index (κ3) is 6.38. The molecule has 1 N–H and O–H groups in total. The van der Waals surface area contributed by atoms with Crippen LogP contribution in [0, 0.1) is 0 Å². The van der Waals surface area contributed by atoms with Gasteiger partial charge in [0.05, 0.1) is 6.61 Å². The average Bonchev–Trinajstić information content (AvgIpc) is 2.35. The molecule has 5 nitrogen and oxygen atoms in total. The molecule has 108 valence electrons. The fourth-order valence-corrected chi connectivity index (χ4v) is 1.54. The van der Waals surface area contributed by atoms with Gasteiger partial charge < -0.3 is 15.0 Å². The fraction of sp³-hybridized carbons (Fsp3) is 0.714. The van der Waals surface area contributed by atoms with E-state index in [1.165, 1.54) is 0 Å². The lowest BCUT2D eigenvalue weighted by Crippen LogP contribution is -2.40. The van der Waals surface area contributed by atoms with Gasteiger partial charge in [-0.15, -0.1) is 0 Å². The third-order valence-electron chi connectivity index (χ3n) is 2.58. The Balaban J connectivity index is 2.49. The predicted octanol–water partition coefficient (Wildman–Crippen LogP) is 2.09. The minimum absolute atomic E-state index is 0.141. The van der Waals surface area contributed by atoms with Crippen molar-refractivity contribution in [3.05, 3.63) is 12.4 Å². The second kappa shape index (κ2) is 7.28.